The van der Waals surface area contributed by atoms with E-state index in [4.69, 9.17) is 0 Å². The van der Waals surface area contributed by atoms with Crippen molar-refractivity contribution in [2.45, 2.75) is 56.8 Å². The minimum atomic E-state index is -0.0202. The van der Waals surface area contributed by atoms with Gasteiger partial charge in [-0.15, -0.1) is 10.2 Å². The highest BCUT2D eigenvalue weighted by molar-refractivity contribution is 7.99. The van der Waals surface area contributed by atoms with Crippen LogP contribution in [0.25, 0.3) is 0 Å². The Kier molecular flexibility index (Phi) is 6.53. The fourth-order valence-corrected chi connectivity index (χ4v) is 4.26. The third kappa shape index (κ3) is 5.11. The smallest absolute Gasteiger partial charge is 0.230 e. The zero-order valence-electron chi connectivity index (χ0n) is 17.5. The van der Waals surface area contributed by atoms with E-state index in [0.717, 1.165) is 29.5 Å². The normalized spacial score (nSPS) is 14.5. The number of hydrogen-bond acceptors (Lipinski definition) is 4. The predicted octanol–water partition coefficient (Wildman–Crippen LogP) is 4.74. The lowest BCUT2D eigenvalue weighted by Crippen LogP contribution is -2.28. The SMILES string of the molecule is CCc1ccc(C(C)NC(=O)CSc2nnc(C3CC3)n2Cc2ccccc2)cc1. The van der Waals surface area contributed by atoms with Gasteiger partial charge in [-0.05, 0) is 42.9 Å². The molecule has 0 aliphatic heterocycles. The Hall–Kier alpha value is -2.60. The van der Waals surface area contributed by atoms with Crippen LogP contribution >= 0.6 is 11.8 Å². The molecule has 1 aliphatic rings. The topological polar surface area (TPSA) is 59.8 Å². The molecule has 1 aliphatic carbocycles. The number of nitrogens with zero attached hydrogens (tertiary/aromatic N) is 3. The molecule has 0 bridgehead atoms. The van der Waals surface area contributed by atoms with E-state index < -0.39 is 0 Å². The molecule has 0 spiro atoms. The average molecular weight is 421 g/mol. The summed E-state index contributed by atoms with van der Waals surface area (Å²) < 4.78 is 2.18. The van der Waals surface area contributed by atoms with E-state index in [1.807, 2.05) is 25.1 Å². The van der Waals surface area contributed by atoms with Crippen LogP contribution in [0.15, 0.2) is 59.8 Å². The van der Waals surface area contributed by atoms with Gasteiger partial charge in [0.15, 0.2) is 5.16 Å². The highest BCUT2D eigenvalue weighted by atomic mass is 32.2. The average Bonchev–Trinajstić information content (AvgIpc) is 3.54. The van der Waals surface area contributed by atoms with Gasteiger partial charge in [0, 0.05) is 5.92 Å². The first-order valence-corrected chi connectivity index (χ1v) is 11.6. The van der Waals surface area contributed by atoms with E-state index in [2.05, 4.69) is 63.4 Å². The van der Waals surface area contributed by atoms with Crippen LogP contribution in [0, 0.1) is 0 Å². The summed E-state index contributed by atoms with van der Waals surface area (Å²) in [6, 6.07) is 18.8. The van der Waals surface area contributed by atoms with Crippen molar-refractivity contribution in [2.24, 2.45) is 0 Å². The van der Waals surface area contributed by atoms with E-state index in [0.29, 0.717) is 11.7 Å². The molecular formula is C24H28N4OS. The first-order valence-electron chi connectivity index (χ1n) is 10.6. The minimum Gasteiger partial charge on any atom is -0.349 e. The van der Waals surface area contributed by atoms with Gasteiger partial charge in [0.2, 0.25) is 5.91 Å². The Morgan fingerprint density at radius 1 is 1.10 bits per heavy atom. The number of benzene rings is 2. The molecule has 0 saturated heterocycles. The van der Waals surface area contributed by atoms with Gasteiger partial charge in [0.05, 0.1) is 18.3 Å². The molecule has 1 amide bonds. The van der Waals surface area contributed by atoms with Gasteiger partial charge in [0.25, 0.3) is 0 Å². The summed E-state index contributed by atoms with van der Waals surface area (Å²) in [6.07, 6.45) is 3.36. The molecule has 1 unspecified atom stereocenters. The van der Waals surface area contributed by atoms with E-state index >= 15 is 0 Å². The van der Waals surface area contributed by atoms with Crippen molar-refractivity contribution in [3.63, 3.8) is 0 Å². The summed E-state index contributed by atoms with van der Waals surface area (Å²) in [5.74, 6) is 1.89. The zero-order valence-corrected chi connectivity index (χ0v) is 18.4. The summed E-state index contributed by atoms with van der Waals surface area (Å²) >= 11 is 1.46. The molecule has 1 atom stereocenters. The molecule has 2 aromatic carbocycles. The quantitative estimate of drug-likeness (QED) is 0.508. The highest BCUT2D eigenvalue weighted by Crippen LogP contribution is 2.40. The molecule has 0 radical (unpaired) electrons. The summed E-state index contributed by atoms with van der Waals surface area (Å²) in [7, 11) is 0. The van der Waals surface area contributed by atoms with Crippen LogP contribution in [0.5, 0.6) is 0 Å². The fraction of sp³-hybridized carbons (Fsp3) is 0.375. The van der Waals surface area contributed by atoms with Crippen LogP contribution in [0.1, 0.15) is 61.2 Å². The van der Waals surface area contributed by atoms with Gasteiger partial charge in [-0.2, -0.15) is 0 Å². The monoisotopic (exact) mass is 420 g/mol. The van der Waals surface area contributed by atoms with Crippen molar-refractivity contribution in [2.75, 3.05) is 5.75 Å². The summed E-state index contributed by atoms with van der Waals surface area (Å²) in [4.78, 5) is 12.6. The number of carbonyl (C=O) groups is 1. The first kappa shape index (κ1) is 20.7. The molecule has 30 heavy (non-hydrogen) atoms. The van der Waals surface area contributed by atoms with Gasteiger partial charge < -0.3 is 9.88 Å². The van der Waals surface area contributed by atoms with Crippen LogP contribution in [0.2, 0.25) is 0 Å². The standard InChI is InChI=1S/C24H28N4OS/c1-3-18-9-11-20(12-10-18)17(2)25-22(29)16-30-24-27-26-23(21-13-14-21)28(24)15-19-7-5-4-6-8-19/h4-12,17,21H,3,13-16H2,1-2H3,(H,25,29). The molecule has 4 rings (SSSR count). The molecule has 156 valence electrons. The van der Waals surface area contributed by atoms with Crippen LogP contribution in [0.4, 0.5) is 0 Å². The Morgan fingerprint density at radius 2 is 1.83 bits per heavy atom. The summed E-state index contributed by atoms with van der Waals surface area (Å²) in [5, 5.41) is 12.7. The molecule has 1 heterocycles. The number of hydrogen-bond donors (Lipinski definition) is 1. The summed E-state index contributed by atoms with van der Waals surface area (Å²) in [6.45, 7) is 4.90. The van der Waals surface area contributed by atoms with Crippen molar-refractivity contribution >= 4 is 17.7 Å². The second-order valence-electron chi connectivity index (χ2n) is 7.86. The van der Waals surface area contributed by atoms with Gasteiger partial charge in [-0.3, -0.25) is 4.79 Å². The maximum Gasteiger partial charge on any atom is 0.230 e. The molecule has 3 aromatic rings. The number of amides is 1. The number of thioether (sulfide) groups is 1. The molecular weight excluding hydrogens is 392 g/mol. The minimum absolute atomic E-state index is 0.00861. The number of aryl methyl sites for hydroxylation is 1. The van der Waals surface area contributed by atoms with E-state index in [-0.39, 0.29) is 11.9 Å². The lowest BCUT2D eigenvalue weighted by molar-refractivity contribution is -0.119. The van der Waals surface area contributed by atoms with Crippen LogP contribution in [-0.2, 0) is 17.8 Å². The molecule has 5 nitrogen and oxygen atoms in total. The maximum atomic E-state index is 12.6. The van der Waals surface area contributed by atoms with Gasteiger partial charge >= 0.3 is 0 Å². The van der Waals surface area contributed by atoms with Gasteiger partial charge in [-0.25, -0.2) is 0 Å². The highest BCUT2D eigenvalue weighted by Gasteiger charge is 2.30. The largest absolute Gasteiger partial charge is 0.349 e. The lowest BCUT2D eigenvalue weighted by atomic mass is 10.1. The van der Waals surface area contributed by atoms with Gasteiger partial charge in [-0.1, -0.05) is 73.3 Å². The number of carbonyl (C=O) groups excluding carboxylic acids is 1. The van der Waals surface area contributed by atoms with E-state index in [1.54, 1.807) is 0 Å². The Morgan fingerprint density at radius 3 is 2.50 bits per heavy atom. The van der Waals surface area contributed by atoms with Crippen molar-refractivity contribution in [3.05, 3.63) is 77.1 Å². The van der Waals surface area contributed by atoms with Crippen molar-refractivity contribution < 1.29 is 4.79 Å². The Labute approximate surface area is 182 Å². The van der Waals surface area contributed by atoms with Gasteiger partial charge in [0.1, 0.15) is 5.82 Å². The molecule has 1 aromatic heterocycles. The van der Waals surface area contributed by atoms with Crippen LogP contribution < -0.4 is 5.32 Å². The first-order chi connectivity index (χ1) is 14.6. The van der Waals surface area contributed by atoms with E-state index in [1.165, 1.54) is 35.7 Å². The molecule has 1 N–H and O–H groups in total. The van der Waals surface area contributed by atoms with Crippen molar-refractivity contribution in [1.82, 2.24) is 20.1 Å². The zero-order chi connectivity index (χ0) is 20.9. The maximum absolute atomic E-state index is 12.6. The van der Waals surface area contributed by atoms with E-state index in [9.17, 15) is 4.79 Å². The van der Waals surface area contributed by atoms with Crippen molar-refractivity contribution in [1.29, 1.82) is 0 Å². The van der Waals surface area contributed by atoms with Crippen LogP contribution in [-0.4, -0.2) is 26.4 Å². The third-order valence-corrected chi connectivity index (χ3v) is 6.44. The second-order valence-corrected chi connectivity index (χ2v) is 8.80. The molecule has 6 heteroatoms. The Balaban J connectivity index is 1.38. The molecule has 1 saturated carbocycles. The number of nitrogens with one attached hydrogen (secondary N) is 1. The predicted molar refractivity (Wildman–Crippen MR) is 121 cm³/mol. The van der Waals surface area contributed by atoms with Crippen LogP contribution in [0.3, 0.4) is 0 Å². The Bertz CT molecular complexity index is 980. The third-order valence-electron chi connectivity index (χ3n) is 5.47. The second kappa shape index (κ2) is 9.47. The lowest BCUT2D eigenvalue weighted by Gasteiger charge is -2.15. The van der Waals surface area contributed by atoms with Crippen molar-refractivity contribution in [3.8, 4) is 0 Å². The summed E-state index contributed by atoms with van der Waals surface area (Å²) in [5.41, 5.74) is 3.64. The number of rotatable bonds is 9. The molecule has 1 fully saturated rings. The fourth-order valence-electron chi connectivity index (χ4n) is 3.50. The number of aromatic nitrogens is 3.